The Hall–Kier alpha value is -0.620. The molecule has 2 heteroatoms. The maximum Gasteiger partial charge on any atom is 0 e. The van der Waals surface area contributed by atoms with E-state index in [4.69, 9.17) is 0 Å². The molecular weight excluding hydrogens is 590 g/mol. The van der Waals surface area contributed by atoms with Crippen molar-refractivity contribution in [1.29, 1.82) is 0 Å². The summed E-state index contributed by atoms with van der Waals surface area (Å²) in [6.07, 6.45) is 0. The minimum absolute atomic E-state index is 1.31. The molecule has 0 N–H and O–H groups in total. The van der Waals surface area contributed by atoms with Crippen LogP contribution in [0.25, 0.3) is 10.8 Å². The van der Waals surface area contributed by atoms with E-state index < -0.39 is 0 Å². The molecular formula is C28H50I2. The van der Waals surface area contributed by atoms with Crippen molar-refractivity contribution in [3.05, 3.63) is 84.9 Å². The molecule has 0 amide bonds. The fraction of sp³-hybridized carbons (Fsp3) is 0.429. The van der Waals surface area contributed by atoms with E-state index >= 15 is 0 Å². The zero-order valence-electron chi connectivity index (χ0n) is 21.8. The Balaban J connectivity index is -0.0000000630. The molecule has 0 spiro atoms. The molecule has 0 saturated carbocycles. The molecule has 0 radical (unpaired) electrons. The molecule has 0 fully saturated rings. The van der Waals surface area contributed by atoms with Crippen LogP contribution in [0.2, 0.25) is 0 Å². The quantitative estimate of drug-likeness (QED) is 0.215. The van der Waals surface area contributed by atoms with Crippen molar-refractivity contribution in [2.45, 2.75) is 83.1 Å². The fourth-order valence-corrected chi connectivity index (χ4v) is 1.52. The molecule has 0 aliphatic carbocycles. The first-order valence-electron chi connectivity index (χ1n) is 11.5. The lowest BCUT2D eigenvalue weighted by Gasteiger charge is -1.92. The van der Waals surface area contributed by atoms with Gasteiger partial charge >= 0.3 is 0 Å². The lowest BCUT2D eigenvalue weighted by atomic mass is 10.1. The van der Waals surface area contributed by atoms with E-state index in [1.807, 2.05) is 119 Å². The lowest BCUT2D eigenvalue weighted by Crippen LogP contribution is -1.67. The topological polar surface area (TPSA) is 0 Å². The summed E-state index contributed by atoms with van der Waals surface area (Å²) in [5, 5.41) is 2.62. The van der Waals surface area contributed by atoms with E-state index in [1.165, 1.54) is 10.8 Å². The van der Waals surface area contributed by atoms with Crippen LogP contribution in [0, 0.1) is 0 Å². The van der Waals surface area contributed by atoms with Gasteiger partial charge in [-0.05, 0) is 10.8 Å². The minimum atomic E-state index is 1.31. The SMILES string of the molecule is CC.CC.CC.CC.CC.CC.II.c1ccc2ccccc2c1.c1ccccc1. The smallest absolute Gasteiger partial charge is 0 e. The Bertz CT molecular complexity index is 445. The summed E-state index contributed by atoms with van der Waals surface area (Å²) in [5.41, 5.74) is 0. The summed E-state index contributed by atoms with van der Waals surface area (Å²) >= 11 is 4.24. The first kappa shape index (κ1) is 43.3. The monoisotopic (exact) mass is 640 g/mol. The van der Waals surface area contributed by atoms with Crippen LogP contribution in [-0.2, 0) is 0 Å². The largest absolute Gasteiger partial charge is 0.0683 e. The highest BCUT2D eigenvalue weighted by Gasteiger charge is 1.85. The van der Waals surface area contributed by atoms with E-state index in [0.717, 1.165) is 0 Å². The van der Waals surface area contributed by atoms with Crippen molar-refractivity contribution >= 4 is 48.0 Å². The summed E-state index contributed by atoms with van der Waals surface area (Å²) in [7, 11) is 0. The van der Waals surface area contributed by atoms with Crippen LogP contribution in [0.4, 0.5) is 0 Å². The summed E-state index contributed by atoms with van der Waals surface area (Å²) in [5.74, 6) is 0. The van der Waals surface area contributed by atoms with Crippen LogP contribution in [0.1, 0.15) is 83.1 Å². The second-order valence-electron chi connectivity index (χ2n) is 3.50. The molecule has 0 saturated heterocycles. The predicted octanol–water partition coefficient (Wildman–Crippen LogP) is 12.5. The van der Waals surface area contributed by atoms with Gasteiger partial charge in [-0.1, -0.05) is 168 Å². The molecule has 30 heavy (non-hydrogen) atoms. The zero-order chi connectivity index (χ0) is 25.1. The van der Waals surface area contributed by atoms with Crippen LogP contribution in [0.3, 0.4) is 0 Å². The Morgan fingerprint density at radius 1 is 0.300 bits per heavy atom. The Morgan fingerprint density at radius 2 is 0.433 bits per heavy atom. The van der Waals surface area contributed by atoms with E-state index in [0.29, 0.717) is 0 Å². The van der Waals surface area contributed by atoms with Gasteiger partial charge < -0.3 is 0 Å². The molecule has 0 aliphatic rings. The van der Waals surface area contributed by atoms with Gasteiger partial charge in [-0.25, -0.2) is 0 Å². The van der Waals surface area contributed by atoms with Gasteiger partial charge in [0.1, 0.15) is 0 Å². The predicted molar refractivity (Wildman–Crippen MR) is 167 cm³/mol. The van der Waals surface area contributed by atoms with Crippen LogP contribution < -0.4 is 0 Å². The van der Waals surface area contributed by atoms with Gasteiger partial charge in [-0.3, -0.25) is 0 Å². The molecule has 3 rings (SSSR count). The van der Waals surface area contributed by atoms with E-state index in [-0.39, 0.29) is 0 Å². The van der Waals surface area contributed by atoms with Crippen LogP contribution in [-0.4, -0.2) is 0 Å². The molecule has 0 atom stereocenters. The third-order valence-corrected chi connectivity index (χ3v) is 2.33. The highest BCUT2D eigenvalue weighted by molar-refractivity contribution is 15.0. The van der Waals surface area contributed by atoms with Crippen molar-refractivity contribution < 1.29 is 0 Å². The highest BCUT2D eigenvalue weighted by atomic mass is 128. The van der Waals surface area contributed by atoms with Gasteiger partial charge in [0, 0.05) is 37.2 Å². The minimum Gasteiger partial charge on any atom is -0.0683 e. The number of benzene rings is 3. The van der Waals surface area contributed by atoms with Crippen molar-refractivity contribution in [2.75, 3.05) is 0 Å². The maximum absolute atomic E-state index is 2.12. The van der Waals surface area contributed by atoms with Crippen molar-refractivity contribution in [3.63, 3.8) is 0 Å². The van der Waals surface area contributed by atoms with E-state index in [9.17, 15) is 0 Å². The second-order valence-corrected chi connectivity index (χ2v) is 3.50. The van der Waals surface area contributed by atoms with Crippen LogP contribution >= 0.6 is 37.2 Å². The lowest BCUT2D eigenvalue weighted by molar-refractivity contribution is 1.50. The Kier molecular flexibility index (Phi) is 81.7. The molecule has 3 aromatic carbocycles. The van der Waals surface area contributed by atoms with Gasteiger partial charge in [0.25, 0.3) is 0 Å². The molecule has 0 nitrogen and oxygen atoms in total. The number of rotatable bonds is 0. The standard InChI is InChI=1S/C10H8.C6H6.6C2H6.I2/c1-2-6-10-8-4-3-7-9(10)5-1;1-2-4-6-5-3-1;7*1-2/h1-8H;1-6H;6*1-2H3;. The number of hydrogen-bond acceptors (Lipinski definition) is 0. The average Bonchev–Trinajstić information content (AvgIpc) is 2.93. The normalized spacial score (nSPS) is 6.33. The Labute approximate surface area is 214 Å². The van der Waals surface area contributed by atoms with Crippen molar-refractivity contribution in [3.8, 4) is 0 Å². The Morgan fingerprint density at radius 3 is 0.567 bits per heavy atom. The molecule has 176 valence electrons. The average molecular weight is 641 g/mol. The third-order valence-electron chi connectivity index (χ3n) is 2.33. The van der Waals surface area contributed by atoms with Gasteiger partial charge in [0.15, 0.2) is 0 Å². The van der Waals surface area contributed by atoms with Crippen LogP contribution in [0.5, 0.6) is 0 Å². The van der Waals surface area contributed by atoms with E-state index in [1.54, 1.807) is 0 Å². The highest BCUT2D eigenvalue weighted by Crippen LogP contribution is 2.11. The summed E-state index contributed by atoms with van der Waals surface area (Å²) < 4.78 is 0. The first-order valence-corrected chi connectivity index (χ1v) is 17.8. The van der Waals surface area contributed by atoms with Gasteiger partial charge in [-0.15, -0.1) is 0 Å². The molecule has 3 aromatic rings. The molecule has 0 bridgehead atoms. The van der Waals surface area contributed by atoms with Crippen molar-refractivity contribution in [1.82, 2.24) is 0 Å². The van der Waals surface area contributed by atoms with Gasteiger partial charge in [-0.2, -0.15) is 0 Å². The molecule has 0 aliphatic heterocycles. The first-order chi connectivity index (χ1) is 15.0. The van der Waals surface area contributed by atoms with Crippen molar-refractivity contribution in [2.24, 2.45) is 0 Å². The summed E-state index contributed by atoms with van der Waals surface area (Å²) in [6, 6.07) is 28.7. The number of halogens is 2. The summed E-state index contributed by atoms with van der Waals surface area (Å²) in [4.78, 5) is 0. The van der Waals surface area contributed by atoms with E-state index in [2.05, 4.69) is 85.8 Å². The third kappa shape index (κ3) is 34.9. The summed E-state index contributed by atoms with van der Waals surface area (Å²) in [6.45, 7) is 24.0. The fourth-order valence-electron chi connectivity index (χ4n) is 1.52. The maximum atomic E-state index is 2.12. The molecule has 0 aromatic heterocycles. The van der Waals surface area contributed by atoms with Crippen LogP contribution in [0.15, 0.2) is 84.9 Å². The number of fused-ring (bicyclic) bond motifs is 1. The zero-order valence-corrected chi connectivity index (χ0v) is 26.2. The number of hydrogen-bond donors (Lipinski definition) is 0. The molecule has 0 unspecified atom stereocenters. The second kappa shape index (κ2) is 56.6. The molecule has 0 heterocycles. The van der Waals surface area contributed by atoms with Gasteiger partial charge in [0.05, 0.1) is 0 Å². The van der Waals surface area contributed by atoms with Gasteiger partial charge in [0.2, 0.25) is 0 Å².